The number of benzene rings is 2. The summed E-state index contributed by atoms with van der Waals surface area (Å²) in [6.45, 7) is 0. The minimum atomic E-state index is -0.837. The van der Waals surface area contributed by atoms with E-state index in [2.05, 4.69) is 10.6 Å². The molecular formula is C17H17ClN2O5. The van der Waals surface area contributed by atoms with Gasteiger partial charge in [0.25, 0.3) is 0 Å². The molecule has 0 atom stereocenters. The molecule has 2 amide bonds. The molecule has 2 N–H and O–H groups in total. The van der Waals surface area contributed by atoms with Gasteiger partial charge in [-0.1, -0.05) is 11.6 Å². The number of carbonyl (C=O) groups excluding carboxylic acids is 2. The third-order valence-electron chi connectivity index (χ3n) is 3.26. The van der Waals surface area contributed by atoms with Gasteiger partial charge in [-0.05, 0) is 30.3 Å². The summed E-state index contributed by atoms with van der Waals surface area (Å²) >= 11 is 5.98. The van der Waals surface area contributed by atoms with E-state index in [0.29, 0.717) is 33.6 Å². The highest BCUT2D eigenvalue weighted by Gasteiger charge is 2.16. The second kappa shape index (κ2) is 8.25. The summed E-state index contributed by atoms with van der Waals surface area (Å²) in [5.74, 6) is -0.259. The summed E-state index contributed by atoms with van der Waals surface area (Å²) in [7, 11) is 4.46. The number of methoxy groups -OCH3 is 3. The van der Waals surface area contributed by atoms with Crippen LogP contribution in [0, 0.1) is 0 Å². The van der Waals surface area contributed by atoms with Crippen LogP contribution in [0.5, 0.6) is 17.2 Å². The minimum absolute atomic E-state index is 0.320. The molecular weight excluding hydrogens is 348 g/mol. The van der Waals surface area contributed by atoms with Crippen LogP contribution in [0.3, 0.4) is 0 Å². The summed E-state index contributed by atoms with van der Waals surface area (Å²) in [6.07, 6.45) is 0. The normalized spacial score (nSPS) is 9.92. The molecule has 0 aliphatic carbocycles. The van der Waals surface area contributed by atoms with Crippen molar-refractivity contribution in [2.45, 2.75) is 0 Å². The lowest BCUT2D eigenvalue weighted by Crippen LogP contribution is -2.29. The van der Waals surface area contributed by atoms with Gasteiger partial charge in [-0.15, -0.1) is 0 Å². The Labute approximate surface area is 149 Å². The number of anilines is 2. The molecule has 2 aromatic carbocycles. The maximum atomic E-state index is 12.0. The molecule has 132 valence electrons. The van der Waals surface area contributed by atoms with E-state index in [0.717, 1.165) is 0 Å². The van der Waals surface area contributed by atoms with Crippen molar-refractivity contribution >= 4 is 34.8 Å². The Bertz CT molecular complexity index is 795. The summed E-state index contributed by atoms with van der Waals surface area (Å²) in [4.78, 5) is 24.0. The number of hydrogen-bond acceptors (Lipinski definition) is 5. The van der Waals surface area contributed by atoms with Crippen LogP contribution in [0.2, 0.25) is 5.02 Å². The molecule has 7 nitrogen and oxygen atoms in total. The topological polar surface area (TPSA) is 85.9 Å². The molecule has 0 bridgehead atoms. The molecule has 0 heterocycles. The first-order valence-electron chi connectivity index (χ1n) is 7.16. The van der Waals surface area contributed by atoms with E-state index in [4.69, 9.17) is 25.8 Å². The maximum Gasteiger partial charge on any atom is 0.314 e. The lowest BCUT2D eigenvalue weighted by atomic mass is 10.2. The lowest BCUT2D eigenvalue weighted by molar-refractivity contribution is -0.132. The molecule has 0 aliphatic rings. The Morgan fingerprint density at radius 1 is 0.760 bits per heavy atom. The number of carbonyl (C=O) groups is 2. The van der Waals surface area contributed by atoms with Gasteiger partial charge in [0, 0.05) is 17.4 Å². The van der Waals surface area contributed by atoms with Gasteiger partial charge in [0.05, 0.1) is 26.4 Å². The fourth-order valence-electron chi connectivity index (χ4n) is 2.03. The predicted molar refractivity (Wildman–Crippen MR) is 94.8 cm³/mol. The molecule has 8 heteroatoms. The van der Waals surface area contributed by atoms with Gasteiger partial charge in [0.2, 0.25) is 0 Å². The molecule has 25 heavy (non-hydrogen) atoms. The van der Waals surface area contributed by atoms with Gasteiger partial charge in [0.15, 0.2) is 11.5 Å². The molecule has 0 spiro atoms. The van der Waals surface area contributed by atoms with Gasteiger partial charge in [-0.2, -0.15) is 0 Å². The summed E-state index contributed by atoms with van der Waals surface area (Å²) in [5, 5.41) is 5.26. The van der Waals surface area contributed by atoms with E-state index in [-0.39, 0.29) is 0 Å². The van der Waals surface area contributed by atoms with Crippen LogP contribution in [-0.4, -0.2) is 33.1 Å². The van der Waals surface area contributed by atoms with E-state index in [9.17, 15) is 9.59 Å². The minimum Gasteiger partial charge on any atom is -0.495 e. The highest BCUT2D eigenvalue weighted by atomic mass is 35.5. The third kappa shape index (κ3) is 4.54. The van der Waals surface area contributed by atoms with Crippen molar-refractivity contribution in [3.8, 4) is 17.2 Å². The van der Waals surface area contributed by atoms with E-state index in [1.165, 1.54) is 27.4 Å². The van der Waals surface area contributed by atoms with Crippen molar-refractivity contribution in [3.05, 3.63) is 41.4 Å². The monoisotopic (exact) mass is 364 g/mol. The number of nitrogens with one attached hydrogen (secondary N) is 2. The second-order valence-corrected chi connectivity index (χ2v) is 5.23. The van der Waals surface area contributed by atoms with Gasteiger partial charge in [-0.25, -0.2) is 0 Å². The van der Waals surface area contributed by atoms with Gasteiger partial charge in [0.1, 0.15) is 5.75 Å². The molecule has 0 saturated carbocycles. The standard InChI is InChI=1S/C17H17ClN2O5/c1-23-13-6-4-10(8-12(13)18)19-16(21)17(22)20-11-5-7-14(24-2)15(9-11)25-3/h4-9H,1-3H3,(H,19,21)(H,20,22). The van der Waals surface area contributed by atoms with Crippen molar-refractivity contribution in [2.75, 3.05) is 32.0 Å². The molecule has 2 rings (SSSR count). The van der Waals surface area contributed by atoms with Gasteiger partial charge < -0.3 is 24.8 Å². The number of hydrogen-bond donors (Lipinski definition) is 2. The van der Waals surface area contributed by atoms with Crippen molar-refractivity contribution in [2.24, 2.45) is 0 Å². The van der Waals surface area contributed by atoms with Crippen LogP contribution in [-0.2, 0) is 9.59 Å². The first-order chi connectivity index (χ1) is 12.0. The summed E-state index contributed by atoms with van der Waals surface area (Å²) in [5.41, 5.74) is 0.767. The Morgan fingerprint density at radius 2 is 1.24 bits per heavy atom. The number of halogens is 1. The smallest absolute Gasteiger partial charge is 0.314 e. The van der Waals surface area contributed by atoms with E-state index in [1.807, 2.05) is 0 Å². The van der Waals surface area contributed by atoms with E-state index >= 15 is 0 Å². The zero-order chi connectivity index (χ0) is 18.4. The zero-order valence-corrected chi connectivity index (χ0v) is 14.6. The average molecular weight is 365 g/mol. The Balaban J connectivity index is 2.05. The van der Waals surface area contributed by atoms with E-state index < -0.39 is 11.8 Å². The van der Waals surface area contributed by atoms with Gasteiger partial charge >= 0.3 is 11.8 Å². The Kier molecular flexibility index (Phi) is 6.08. The number of rotatable bonds is 5. The summed E-state index contributed by atoms with van der Waals surface area (Å²) in [6, 6.07) is 9.42. The van der Waals surface area contributed by atoms with Crippen LogP contribution in [0.4, 0.5) is 11.4 Å². The van der Waals surface area contributed by atoms with Crippen LogP contribution >= 0.6 is 11.6 Å². The molecule has 0 unspecified atom stereocenters. The molecule has 0 aromatic heterocycles. The molecule has 0 saturated heterocycles. The fraction of sp³-hybridized carbons (Fsp3) is 0.176. The average Bonchev–Trinajstić information content (AvgIpc) is 2.61. The van der Waals surface area contributed by atoms with Crippen molar-refractivity contribution in [3.63, 3.8) is 0 Å². The van der Waals surface area contributed by atoms with Crippen molar-refractivity contribution in [1.29, 1.82) is 0 Å². The molecule has 0 fully saturated rings. The second-order valence-electron chi connectivity index (χ2n) is 4.83. The third-order valence-corrected chi connectivity index (χ3v) is 3.55. The van der Waals surface area contributed by atoms with Crippen LogP contribution < -0.4 is 24.8 Å². The van der Waals surface area contributed by atoms with Crippen LogP contribution in [0.1, 0.15) is 0 Å². The Morgan fingerprint density at radius 3 is 1.72 bits per heavy atom. The molecule has 0 radical (unpaired) electrons. The van der Waals surface area contributed by atoms with E-state index in [1.54, 1.807) is 30.3 Å². The first kappa shape index (κ1) is 18.4. The quantitative estimate of drug-likeness (QED) is 0.797. The fourth-order valence-corrected chi connectivity index (χ4v) is 2.29. The maximum absolute atomic E-state index is 12.0. The Hall–Kier alpha value is -2.93. The first-order valence-corrected chi connectivity index (χ1v) is 7.54. The van der Waals surface area contributed by atoms with Crippen molar-refractivity contribution < 1.29 is 23.8 Å². The summed E-state index contributed by atoms with van der Waals surface area (Å²) < 4.78 is 15.3. The lowest BCUT2D eigenvalue weighted by Gasteiger charge is -2.11. The highest BCUT2D eigenvalue weighted by molar-refractivity contribution is 6.43. The molecule has 0 aliphatic heterocycles. The largest absolute Gasteiger partial charge is 0.495 e. The van der Waals surface area contributed by atoms with Crippen LogP contribution in [0.25, 0.3) is 0 Å². The van der Waals surface area contributed by atoms with Crippen molar-refractivity contribution in [1.82, 2.24) is 0 Å². The van der Waals surface area contributed by atoms with Gasteiger partial charge in [-0.3, -0.25) is 9.59 Å². The highest BCUT2D eigenvalue weighted by Crippen LogP contribution is 2.30. The SMILES string of the molecule is COc1ccc(NC(=O)C(=O)Nc2ccc(OC)c(OC)c2)cc1Cl. The predicted octanol–water partition coefficient (Wildman–Crippen LogP) is 2.94. The number of ether oxygens (including phenoxy) is 3. The van der Waals surface area contributed by atoms with Crippen LogP contribution in [0.15, 0.2) is 36.4 Å². The molecule has 2 aromatic rings. The zero-order valence-electron chi connectivity index (χ0n) is 13.9. The number of amides is 2.